The van der Waals surface area contributed by atoms with Gasteiger partial charge in [0, 0.05) is 46.3 Å². The zero-order valence-corrected chi connectivity index (χ0v) is 17.9. The van der Waals surface area contributed by atoms with Crippen molar-refractivity contribution in [2.75, 3.05) is 5.32 Å². The maximum absolute atomic E-state index is 4.58. The van der Waals surface area contributed by atoms with Gasteiger partial charge in [0.2, 0.25) is 0 Å². The molecule has 0 radical (unpaired) electrons. The number of rotatable bonds is 4. The van der Waals surface area contributed by atoms with E-state index >= 15 is 0 Å². The topological polar surface area (TPSA) is 50.7 Å². The first-order chi connectivity index (χ1) is 13.7. The van der Waals surface area contributed by atoms with Crippen molar-refractivity contribution in [3.05, 3.63) is 82.9 Å². The van der Waals surface area contributed by atoms with Gasteiger partial charge in [0.1, 0.15) is 5.82 Å². The summed E-state index contributed by atoms with van der Waals surface area (Å²) in [5, 5.41) is 5.67. The Labute approximate surface area is 174 Å². The van der Waals surface area contributed by atoms with Crippen molar-refractivity contribution >= 4 is 32.5 Å². The second-order valence-corrected chi connectivity index (χ2v) is 7.03. The highest BCUT2D eigenvalue weighted by Gasteiger charge is 2.04. The van der Waals surface area contributed by atoms with E-state index in [1.807, 2.05) is 69.7 Å². The van der Waals surface area contributed by atoms with E-state index in [1.54, 1.807) is 0 Å². The Hall–Kier alpha value is -2.79. The average molecular weight is 435 g/mol. The minimum Gasteiger partial charge on any atom is -0.365 e. The first-order valence-corrected chi connectivity index (χ1v) is 10.1. The predicted molar refractivity (Wildman–Crippen MR) is 120 cm³/mol. The lowest BCUT2D eigenvalue weighted by atomic mass is 10.1. The Morgan fingerprint density at radius 2 is 1.71 bits per heavy atom. The molecule has 4 nitrogen and oxygen atoms in total. The fourth-order valence-electron chi connectivity index (χ4n) is 2.88. The summed E-state index contributed by atoms with van der Waals surface area (Å²) in [4.78, 5) is 13.3. The number of hydrogen-bond acceptors (Lipinski definition) is 4. The van der Waals surface area contributed by atoms with Crippen LogP contribution < -0.4 is 5.32 Å². The zero-order valence-electron chi connectivity index (χ0n) is 16.3. The second kappa shape index (κ2) is 9.42. The van der Waals surface area contributed by atoms with Gasteiger partial charge in [0.05, 0.1) is 5.69 Å². The van der Waals surface area contributed by atoms with E-state index in [2.05, 4.69) is 54.4 Å². The number of anilines is 1. The Bertz CT molecular complexity index is 1060. The van der Waals surface area contributed by atoms with E-state index in [0.29, 0.717) is 6.54 Å². The molecule has 1 aromatic carbocycles. The minimum absolute atomic E-state index is 0.671. The van der Waals surface area contributed by atoms with Crippen LogP contribution in [-0.4, -0.2) is 15.0 Å². The Kier molecular flexibility index (Phi) is 6.71. The summed E-state index contributed by atoms with van der Waals surface area (Å²) in [6.07, 6.45) is 5.54. The van der Waals surface area contributed by atoms with E-state index < -0.39 is 0 Å². The largest absolute Gasteiger partial charge is 0.365 e. The lowest BCUT2D eigenvalue weighted by Crippen LogP contribution is -2.02. The van der Waals surface area contributed by atoms with Gasteiger partial charge in [-0.05, 0) is 60.3 Å². The van der Waals surface area contributed by atoms with Crippen LogP contribution in [0.3, 0.4) is 0 Å². The predicted octanol–water partition coefficient (Wildman–Crippen LogP) is 6.40. The molecule has 4 rings (SSSR count). The first kappa shape index (κ1) is 20.0. The highest BCUT2D eigenvalue weighted by Crippen LogP contribution is 2.25. The van der Waals surface area contributed by atoms with Crippen molar-refractivity contribution in [3.63, 3.8) is 0 Å². The molecule has 3 aromatic heterocycles. The highest BCUT2D eigenvalue weighted by atomic mass is 79.9. The lowest BCUT2D eigenvalue weighted by Gasteiger charge is -2.09. The maximum Gasteiger partial charge on any atom is 0.134 e. The molecule has 0 amide bonds. The molecule has 0 aliphatic carbocycles. The van der Waals surface area contributed by atoms with Crippen LogP contribution in [0.4, 0.5) is 5.82 Å². The van der Waals surface area contributed by atoms with Crippen molar-refractivity contribution < 1.29 is 0 Å². The third-order valence-electron chi connectivity index (χ3n) is 4.20. The van der Waals surface area contributed by atoms with Gasteiger partial charge in [0.15, 0.2) is 0 Å². The fourth-order valence-corrected chi connectivity index (χ4v) is 3.26. The molecule has 0 bridgehead atoms. The first-order valence-electron chi connectivity index (χ1n) is 9.35. The van der Waals surface area contributed by atoms with E-state index in [-0.39, 0.29) is 0 Å². The van der Waals surface area contributed by atoms with E-state index in [9.17, 15) is 0 Å². The lowest BCUT2D eigenvalue weighted by molar-refractivity contribution is 1.09. The summed E-state index contributed by atoms with van der Waals surface area (Å²) in [6, 6.07) is 16.4. The average Bonchev–Trinajstić information content (AvgIpc) is 2.74. The number of halogens is 1. The summed E-state index contributed by atoms with van der Waals surface area (Å²) in [6.45, 7) is 6.66. The van der Waals surface area contributed by atoms with Gasteiger partial charge >= 0.3 is 0 Å². The molecule has 0 aliphatic heterocycles. The molecule has 5 heteroatoms. The summed E-state index contributed by atoms with van der Waals surface area (Å²) >= 11 is 3.51. The monoisotopic (exact) mass is 434 g/mol. The van der Waals surface area contributed by atoms with Crippen LogP contribution in [0.25, 0.3) is 22.0 Å². The molecule has 0 saturated heterocycles. The quantitative estimate of drug-likeness (QED) is 0.403. The smallest absolute Gasteiger partial charge is 0.134 e. The van der Waals surface area contributed by atoms with Gasteiger partial charge in [0.25, 0.3) is 0 Å². The summed E-state index contributed by atoms with van der Waals surface area (Å²) < 4.78 is 1.06. The van der Waals surface area contributed by atoms with Crippen LogP contribution in [0.1, 0.15) is 25.1 Å². The van der Waals surface area contributed by atoms with E-state index in [0.717, 1.165) is 43.6 Å². The SMILES string of the molecule is CC.Cc1cc(-c2ccc(CNc3nccc4cc(Br)ccc34)cn2)ccn1. The third kappa shape index (κ3) is 4.73. The van der Waals surface area contributed by atoms with Crippen LogP contribution in [0, 0.1) is 6.92 Å². The third-order valence-corrected chi connectivity index (χ3v) is 4.70. The van der Waals surface area contributed by atoms with Gasteiger partial charge < -0.3 is 5.32 Å². The van der Waals surface area contributed by atoms with E-state index in [1.165, 1.54) is 0 Å². The summed E-state index contributed by atoms with van der Waals surface area (Å²) in [5.74, 6) is 0.879. The van der Waals surface area contributed by atoms with Crippen LogP contribution in [0.15, 0.2) is 71.6 Å². The summed E-state index contributed by atoms with van der Waals surface area (Å²) in [5.41, 5.74) is 4.13. The minimum atomic E-state index is 0.671. The zero-order chi connectivity index (χ0) is 19.9. The maximum atomic E-state index is 4.58. The normalized spacial score (nSPS) is 10.3. The molecule has 0 saturated carbocycles. The van der Waals surface area contributed by atoms with Gasteiger partial charge in [-0.1, -0.05) is 35.8 Å². The Morgan fingerprint density at radius 1 is 0.893 bits per heavy atom. The van der Waals surface area contributed by atoms with Crippen LogP contribution in [0.2, 0.25) is 0 Å². The molecule has 0 fully saturated rings. The molecule has 1 N–H and O–H groups in total. The van der Waals surface area contributed by atoms with Crippen LogP contribution >= 0.6 is 15.9 Å². The molecule has 4 aromatic rings. The fraction of sp³-hybridized carbons (Fsp3) is 0.174. The Morgan fingerprint density at radius 3 is 2.46 bits per heavy atom. The van der Waals surface area contributed by atoms with Crippen molar-refractivity contribution in [3.8, 4) is 11.3 Å². The molecule has 3 heterocycles. The number of hydrogen-bond donors (Lipinski definition) is 1. The van der Waals surface area contributed by atoms with Crippen molar-refractivity contribution in [2.45, 2.75) is 27.3 Å². The number of aryl methyl sites for hydroxylation is 1. The number of nitrogens with one attached hydrogen (secondary N) is 1. The van der Waals surface area contributed by atoms with Crippen LogP contribution in [0.5, 0.6) is 0 Å². The van der Waals surface area contributed by atoms with Crippen molar-refractivity contribution in [1.82, 2.24) is 15.0 Å². The molecule has 28 heavy (non-hydrogen) atoms. The number of pyridine rings is 3. The van der Waals surface area contributed by atoms with Crippen LogP contribution in [-0.2, 0) is 6.54 Å². The van der Waals surface area contributed by atoms with Crippen molar-refractivity contribution in [1.29, 1.82) is 0 Å². The van der Waals surface area contributed by atoms with Gasteiger partial charge in [-0.2, -0.15) is 0 Å². The van der Waals surface area contributed by atoms with Gasteiger partial charge in [-0.15, -0.1) is 0 Å². The summed E-state index contributed by atoms with van der Waals surface area (Å²) in [7, 11) is 0. The van der Waals surface area contributed by atoms with Crippen molar-refractivity contribution in [2.24, 2.45) is 0 Å². The standard InChI is InChI=1S/C21H17BrN4.C2H6/c1-14-10-17(7-8-23-14)20-5-2-15(12-25-20)13-26-21-19-4-3-18(22)11-16(19)6-9-24-21;1-2/h2-12H,13H2,1H3,(H,24,26);1-2H3. The Balaban J connectivity index is 0.00000109. The molecular formula is C23H23BrN4. The van der Waals surface area contributed by atoms with Gasteiger partial charge in [-0.25, -0.2) is 4.98 Å². The van der Waals surface area contributed by atoms with E-state index in [4.69, 9.17) is 0 Å². The molecule has 0 aliphatic rings. The molecule has 0 atom stereocenters. The number of aromatic nitrogens is 3. The highest BCUT2D eigenvalue weighted by molar-refractivity contribution is 9.10. The molecule has 0 unspecified atom stereocenters. The second-order valence-electron chi connectivity index (χ2n) is 6.12. The molecule has 0 spiro atoms. The number of fused-ring (bicyclic) bond motifs is 1. The molecule has 142 valence electrons. The van der Waals surface area contributed by atoms with Gasteiger partial charge in [-0.3, -0.25) is 9.97 Å². The molecular weight excluding hydrogens is 412 g/mol. The number of nitrogens with zero attached hydrogens (tertiary/aromatic N) is 3. The number of benzene rings is 1.